The molecule has 110 valence electrons. The highest BCUT2D eigenvalue weighted by molar-refractivity contribution is 5.83. The molecule has 1 amide bonds. The lowest BCUT2D eigenvalue weighted by atomic mass is 9.85. The summed E-state index contributed by atoms with van der Waals surface area (Å²) in [6.07, 6.45) is 3.59. The average Bonchev–Trinajstić information content (AvgIpc) is 2.91. The van der Waals surface area contributed by atoms with Crippen LogP contribution in [0.5, 0.6) is 0 Å². The summed E-state index contributed by atoms with van der Waals surface area (Å²) in [6.45, 7) is 2.08. The third kappa shape index (κ3) is 2.82. The van der Waals surface area contributed by atoms with E-state index < -0.39 is 17.0 Å². The number of benzene rings is 1. The number of hydrogen-bond donors (Lipinski definition) is 2. The van der Waals surface area contributed by atoms with Crippen LogP contribution in [0.2, 0.25) is 0 Å². The normalized spacial score (nSPS) is 18.8. The molecule has 0 aromatic heterocycles. The molecule has 0 bridgehead atoms. The third-order valence-electron chi connectivity index (χ3n) is 4.22. The number of hydrogen-bond acceptors (Lipinski definition) is 2. The van der Waals surface area contributed by atoms with Gasteiger partial charge in [-0.25, -0.2) is 8.78 Å². The van der Waals surface area contributed by atoms with Gasteiger partial charge in [0.05, 0.1) is 11.5 Å². The van der Waals surface area contributed by atoms with Crippen LogP contribution in [0.1, 0.15) is 44.2 Å². The molecule has 3 nitrogen and oxygen atoms in total. The maximum atomic E-state index is 13.2. The quantitative estimate of drug-likeness (QED) is 0.892. The first-order chi connectivity index (χ1) is 9.48. The van der Waals surface area contributed by atoms with Gasteiger partial charge in [-0.2, -0.15) is 0 Å². The van der Waals surface area contributed by atoms with Crippen LogP contribution in [-0.4, -0.2) is 12.5 Å². The first-order valence-electron chi connectivity index (χ1n) is 6.94. The summed E-state index contributed by atoms with van der Waals surface area (Å²) in [7, 11) is 0. The molecule has 1 aromatic rings. The minimum Gasteiger partial charge on any atom is -0.349 e. The minimum atomic E-state index is -0.905. The Morgan fingerprint density at radius 1 is 1.35 bits per heavy atom. The molecular formula is C15H20F2N2O. The highest BCUT2D eigenvalue weighted by Gasteiger charge is 2.40. The van der Waals surface area contributed by atoms with Crippen molar-refractivity contribution in [2.75, 3.05) is 6.54 Å². The number of halogens is 2. The molecule has 3 N–H and O–H groups in total. The van der Waals surface area contributed by atoms with E-state index in [1.807, 2.05) is 0 Å². The molecular weight excluding hydrogens is 262 g/mol. The van der Waals surface area contributed by atoms with Crippen LogP contribution in [0.15, 0.2) is 18.2 Å². The van der Waals surface area contributed by atoms with E-state index in [9.17, 15) is 13.6 Å². The van der Waals surface area contributed by atoms with Gasteiger partial charge in [-0.1, -0.05) is 18.9 Å². The van der Waals surface area contributed by atoms with Gasteiger partial charge in [-0.15, -0.1) is 0 Å². The molecule has 0 aliphatic heterocycles. The first kappa shape index (κ1) is 14.9. The Labute approximate surface area is 117 Å². The number of rotatable bonds is 4. The first-order valence-corrected chi connectivity index (χ1v) is 6.94. The molecule has 0 saturated heterocycles. The SMILES string of the molecule is CC(NC(=O)C1(CN)CCCC1)c1ccc(F)c(F)c1. The van der Waals surface area contributed by atoms with Crippen LogP contribution in [-0.2, 0) is 4.79 Å². The van der Waals surface area contributed by atoms with Gasteiger partial charge in [-0.3, -0.25) is 4.79 Å². The highest BCUT2D eigenvalue weighted by Crippen LogP contribution is 2.37. The van der Waals surface area contributed by atoms with Crippen LogP contribution in [0.3, 0.4) is 0 Å². The van der Waals surface area contributed by atoms with E-state index in [4.69, 9.17) is 5.73 Å². The van der Waals surface area contributed by atoms with Crippen molar-refractivity contribution in [2.45, 2.75) is 38.6 Å². The van der Waals surface area contributed by atoms with Gasteiger partial charge in [0.15, 0.2) is 11.6 Å². The van der Waals surface area contributed by atoms with Gasteiger partial charge >= 0.3 is 0 Å². The summed E-state index contributed by atoms with van der Waals surface area (Å²) in [6, 6.07) is 3.29. The smallest absolute Gasteiger partial charge is 0.227 e. The van der Waals surface area contributed by atoms with Gasteiger partial charge in [0.25, 0.3) is 0 Å². The Kier molecular flexibility index (Phi) is 4.38. The van der Waals surface area contributed by atoms with Gasteiger partial charge < -0.3 is 11.1 Å². The molecule has 1 aliphatic carbocycles. The maximum absolute atomic E-state index is 13.2. The Morgan fingerprint density at radius 3 is 2.55 bits per heavy atom. The second kappa shape index (κ2) is 5.87. The fourth-order valence-corrected chi connectivity index (χ4v) is 2.79. The number of nitrogens with two attached hydrogens (primary N) is 1. The van der Waals surface area contributed by atoms with E-state index in [1.165, 1.54) is 6.07 Å². The summed E-state index contributed by atoms with van der Waals surface area (Å²) in [5.41, 5.74) is 5.81. The number of nitrogens with one attached hydrogen (secondary N) is 1. The number of carbonyl (C=O) groups is 1. The molecule has 1 atom stereocenters. The molecule has 1 fully saturated rings. The summed E-state index contributed by atoms with van der Waals surface area (Å²) >= 11 is 0. The van der Waals surface area contributed by atoms with Crippen LogP contribution in [0, 0.1) is 17.0 Å². The summed E-state index contributed by atoms with van der Waals surface area (Å²) in [5, 5.41) is 2.87. The lowest BCUT2D eigenvalue weighted by Gasteiger charge is -2.28. The molecule has 0 radical (unpaired) electrons. The second-order valence-electron chi connectivity index (χ2n) is 5.56. The predicted octanol–water partition coefficient (Wildman–Crippen LogP) is 2.66. The van der Waals surface area contributed by atoms with E-state index in [0.717, 1.165) is 37.8 Å². The topological polar surface area (TPSA) is 55.1 Å². The van der Waals surface area contributed by atoms with Crippen molar-refractivity contribution in [3.63, 3.8) is 0 Å². The molecule has 0 heterocycles. The van der Waals surface area contributed by atoms with Crippen molar-refractivity contribution in [3.8, 4) is 0 Å². The molecule has 5 heteroatoms. The minimum absolute atomic E-state index is 0.0882. The third-order valence-corrected chi connectivity index (χ3v) is 4.22. The van der Waals surface area contributed by atoms with Crippen molar-refractivity contribution >= 4 is 5.91 Å². The zero-order chi connectivity index (χ0) is 14.8. The molecule has 1 saturated carbocycles. The van der Waals surface area contributed by atoms with Gasteiger partial charge in [0, 0.05) is 6.54 Å². The van der Waals surface area contributed by atoms with Crippen LogP contribution >= 0.6 is 0 Å². The van der Waals surface area contributed by atoms with Gasteiger partial charge in [0.2, 0.25) is 5.91 Å². The van der Waals surface area contributed by atoms with Crippen molar-refractivity contribution in [1.82, 2.24) is 5.32 Å². The molecule has 1 aliphatic rings. The number of carbonyl (C=O) groups excluding carboxylic acids is 1. The van der Waals surface area contributed by atoms with Crippen LogP contribution < -0.4 is 11.1 Å². The molecule has 1 aromatic carbocycles. The predicted molar refractivity (Wildman–Crippen MR) is 72.9 cm³/mol. The monoisotopic (exact) mass is 282 g/mol. The van der Waals surface area contributed by atoms with Gasteiger partial charge in [0.1, 0.15) is 0 Å². The summed E-state index contributed by atoms with van der Waals surface area (Å²) < 4.78 is 26.1. The van der Waals surface area contributed by atoms with Crippen molar-refractivity contribution in [3.05, 3.63) is 35.4 Å². The van der Waals surface area contributed by atoms with E-state index in [1.54, 1.807) is 6.92 Å². The van der Waals surface area contributed by atoms with Gasteiger partial charge in [-0.05, 0) is 37.5 Å². The maximum Gasteiger partial charge on any atom is 0.227 e. The largest absolute Gasteiger partial charge is 0.349 e. The molecule has 20 heavy (non-hydrogen) atoms. The fraction of sp³-hybridized carbons (Fsp3) is 0.533. The fourth-order valence-electron chi connectivity index (χ4n) is 2.79. The Morgan fingerprint density at radius 2 is 2.00 bits per heavy atom. The van der Waals surface area contributed by atoms with Crippen molar-refractivity contribution < 1.29 is 13.6 Å². The van der Waals surface area contributed by atoms with E-state index >= 15 is 0 Å². The lowest BCUT2D eigenvalue weighted by Crippen LogP contribution is -2.44. The number of amides is 1. The zero-order valence-corrected chi connectivity index (χ0v) is 11.6. The zero-order valence-electron chi connectivity index (χ0n) is 11.6. The standard InChI is InChI=1S/C15H20F2N2O/c1-10(11-4-5-12(16)13(17)8-11)19-14(20)15(9-18)6-2-3-7-15/h4-5,8,10H,2-3,6-7,9,18H2,1H3,(H,19,20). The highest BCUT2D eigenvalue weighted by atomic mass is 19.2. The average molecular weight is 282 g/mol. The lowest BCUT2D eigenvalue weighted by molar-refractivity contribution is -0.131. The van der Waals surface area contributed by atoms with E-state index in [-0.39, 0.29) is 11.9 Å². The Bertz CT molecular complexity index is 499. The van der Waals surface area contributed by atoms with Crippen LogP contribution in [0.4, 0.5) is 8.78 Å². The van der Waals surface area contributed by atoms with Crippen molar-refractivity contribution in [1.29, 1.82) is 0 Å². The van der Waals surface area contributed by atoms with E-state index in [0.29, 0.717) is 12.1 Å². The molecule has 1 unspecified atom stereocenters. The Hall–Kier alpha value is -1.49. The Balaban J connectivity index is 2.08. The molecule has 2 rings (SSSR count). The van der Waals surface area contributed by atoms with Crippen LogP contribution in [0.25, 0.3) is 0 Å². The molecule has 0 spiro atoms. The van der Waals surface area contributed by atoms with E-state index in [2.05, 4.69) is 5.32 Å². The summed E-state index contributed by atoms with van der Waals surface area (Å²) in [4.78, 5) is 12.4. The summed E-state index contributed by atoms with van der Waals surface area (Å²) in [5.74, 6) is -1.88. The second-order valence-corrected chi connectivity index (χ2v) is 5.56. The van der Waals surface area contributed by atoms with Crippen molar-refractivity contribution in [2.24, 2.45) is 11.1 Å².